The topological polar surface area (TPSA) is 33.1 Å². The number of aromatic nitrogens is 2. The molecule has 1 fully saturated rings. The van der Waals surface area contributed by atoms with Crippen LogP contribution in [0, 0.1) is 0 Å². The zero-order valence-corrected chi connectivity index (χ0v) is 15.0. The van der Waals surface area contributed by atoms with Crippen molar-refractivity contribution in [1.82, 2.24) is 19.8 Å². The maximum absolute atomic E-state index is 12.4. The van der Waals surface area contributed by atoms with Crippen LogP contribution < -0.4 is 5.32 Å². The van der Waals surface area contributed by atoms with Gasteiger partial charge in [0.2, 0.25) is 0 Å². The third kappa shape index (κ3) is 4.69. The van der Waals surface area contributed by atoms with E-state index in [9.17, 15) is 8.78 Å². The molecule has 0 radical (unpaired) electrons. The lowest BCUT2D eigenvalue weighted by Gasteiger charge is -2.35. The summed E-state index contributed by atoms with van der Waals surface area (Å²) < 4.78 is 26.8. The van der Waals surface area contributed by atoms with E-state index in [0.29, 0.717) is 16.7 Å². The largest absolute Gasteiger partial charge is 0.337 e. The molecule has 1 aromatic heterocycles. The van der Waals surface area contributed by atoms with E-state index in [1.165, 1.54) is 0 Å². The molecule has 1 N–H and O–H groups in total. The van der Waals surface area contributed by atoms with E-state index in [-0.39, 0.29) is 18.4 Å². The summed E-state index contributed by atoms with van der Waals surface area (Å²) in [6, 6.07) is 7.62. The monoisotopic (exact) mass is 374 g/mol. The highest BCUT2D eigenvalue weighted by Crippen LogP contribution is 2.27. The van der Waals surface area contributed by atoms with Crippen LogP contribution in [0.3, 0.4) is 0 Å². The molecule has 24 heavy (non-hydrogen) atoms. The molecule has 2 heterocycles. The number of piperazine rings is 1. The van der Waals surface area contributed by atoms with Gasteiger partial charge in [0.1, 0.15) is 5.82 Å². The standard InChI is InChI=1S/C16H20F2N4S.ClH/c1-21-8-7-20-15(21)14-10-19-6-9-22(14)11-12-2-4-13(5-3-12)23-16(17)18;/h2-5,7-8,14,16,19H,6,9-11H2,1H3;1H. The Kier molecular flexibility index (Phi) is 7.03. The Balaban J connectivity index is 0.00000208. The summed E-state index contributed by atoms with van der Waals surface area (Å²) in [4.78, 5) is 7.46. The molecular formula is C16H21ClF2N4S. The molecule has 0 amide bonds. The fourth-order valence-electron chi connectivity index (χ4n) is 2.90. The number of alkyl halides is 2. The van der Waals surface area contributed by atoms with Gasteiger partial charge in [-0.3, -0.25) is 4.90 Å². The summed E-state index contributed by atoms with van der Waals surface area (Å²) in [5, 5.41) is 3.42. The fourth-order valence-corrected chi connectivity index (χ4v) is 3.40. The Morgan fingerprint density at radius 1 is 1.33 bits per heavy atom. The maximum Gasteiger partial charge on any atom is 0.288 e. The molecule has 1 aromatic carbocycles. The fraction of sp³-hybridized carbons (Fsp3) is 0.438. The van der Waals surface area contributed by atoms with E-state index >= 15 is 0 Å². The van der Waals surface area contributed by atoms with Crippen LogP contribution in [0.15, 0.2) is 41.6 Å². The van der Waals surface area contributed by atoms with E-state index in [1.54, 1.807) is 12.1 Å². The van der Waals surface area contributed by atoms with Crippen LogP contribution in [0.4, 0.5) is 8.78 Å². The van der Waals surface area contributed by atoms with Crippen molar-refractivity contribution in [2.24, 2.45) is 7.05 Å². The summed E-state index contributed by atoms with van der Waals surface area (Å²) >= 11 is 0.583. The van der Waals surface area contributed by atoms with Gasteiger partial charge < -0.3 is 9.88 Å². The number of nitrogens with one attached hydrogen (secondary N) is 1. The van der Waals surface area contributed by atoms with Gasteiger partial charge in [-0.2, -0.15) is 8.78 Å². The lowest BCUT2D eigenvalue weighted by molar-refractivity contribution is 0.144. The van der Waals surface area contributed by atoms with Crippen molar-refractivity contribution in [3.05, 3.63) is 48.0 Å². The van der Waals surface area contributed by atoms with Gasteiger partial charge in [-0.1, -0.05) is 23.9 Å². The number of aryl methyl sites for hydroxylation is 1. The first-order valence-electron chi connectivity index (χ1n) is 7.59. The second-order valence-corrected chi connectivity index (χ2v) is 6.67. The highest BCUT2D eigenvalue weighted by molar-refractivity contribution is 7.99. The number of thioether (sulfide) groups is 1. The van der Waals surface area contributed by atoms with E-state index in [4.69, 9.17) is 0 Å². The number of nitrogens with zero attached hydrogens (tertiary/aromatic N) is 3. The third-order valence-electron chi connectivity index (χ3n) is 4.04. The molecular weight excluding hydrogens is 354 g/mol. The molecule has 1 unspecified atom stereocenters. The van der Waals surface area contributed by atoms with Crippen molar-refractivity contribution in [3.63, 3.8) is 0 Å². The van der Waals surface area contributed by atoms with Gasteiger partial charge in [0.15, 0.2) is 0 Å². The van der Waals surface area contributed by atoms with Crippen molar-refractivity contribution in [3.8, 4) is 0 Å². The number of imidazole rings is 1. The number of hydrogen-bond acceptors (Lipinski definition) is 4. The summed E-state index contributed by atoms with van der Waals surface area (Å²) in [7, 11) is 2.01. The second kappa shape index (κ2) is 8.80. The minimum Gasteiger partial charge on any atom is -0.337 e. The van der Waals surface area contributed by atoms with E-state index in [1.807, 2.05) is 36.1 Å². The van der Waals surface area contributed by atoms with Crippen molar-refractivity contribution < 1.29 is 8.78 Å². The van der Waals surface area contributed by atoms with Crippen LogP contribution in [0.1, 0.15) is 17.4 Å². The Hall–Kier alpha value is -1.15. The van der Waals surface area contributed by atoms with Crippen LogP contribution in [0.2, 0.25) is 0 Å². The highest BCUT2D eigenvalue weighted by atomic mass is 35.5. The van der Waals surface area contributed by atoms with Crippen LogP contribution in [-0.2, 0) is 13.6 Å². The molecule has 2 aromatic rings. The van der Waals surface area contributed by atoms with Crippen LogP contribution in [0.5, 0.6) is 0 Å². The van der Waals surface area contributed by atoms with Crippen molar-refractivity contribution >= 4 is 24.2 Å². The maximum atomic E-state index is 12.4. The quantitative estimate of drug-likeness (QED) is 0.814. The summed E-state index contributed by atoms with van der Waals surface area (Å²) in [5.41, 5.74) is 1.13. The highest BCUT2D eigenvalue weighted by Gasteiger charge is 2.26. The van der Waals surface area contributed by atoms with E-state index in [0.717, 1.165) is 37.6 Å². The summed E-state index contributed by atoms with van der Waals surface area (Å²) in [6.45, 7) is 3.54. The average molecular weight is 375 g/mol. The number of rotatable bonds is 5. The normalized spacial score (nSPS) is 18.6. The molecule has 0 aliphatic carbocycles. The molecule has 3 rings (SSSR count). The van der Waals surface area contributed by atoms with Crippen LogP contribution >= 0.6 is 24.2 Å². The summed E-state index contributed by atoms with van der Waals surface area (Å²) in [5.74, 6) is -1.33. The van der Waals surface area contributed by atoms with Gasteiger partial charge in [0.25, 0.3) is 5.76 Å². The number of benzene rings is 1. The van der Waals surface area contributed by atoms with Gasteiger partial charge in [0.05, 0.1) is 6.04 Å². The van der Waals surface area contributed by atoms with E-state index < -0.39 is 5.76 Å². The molecule has 0 bridgehead atoms. The van der Waals surface area contributed by atoms with Gasteiger partial charge in [-0.05, 0) is 17.7 Å². The lowest BCUT2D eigenvalue weighted by Crippen LogP contribution is -2.46. The predicted octanol–water partition coefficient (Wildman–Crippen LogP) is 3.30. The zero-order chi connectivity index (χ0) is 16.2. The Labute approximate surface area is 151 Å². The molecule has 4 nitrogen and oxygen atoms in total. The van der Waals surface area contributed by atoms with Gasteiger partial charge in [-0.15, -0.1) is 12.4 Å². The van der Waals surface area contributed by atoms with Gasteiger partial charge in [0, 0.05) is 50.5 Å². The molecule has 1 saturated heterocycles. The molecule has 8 heteroatoms. The predicted molar refractivity (Wildman–Crippen MR) is 94.8 cm³/mol. The molecule has 0 spiro atoms. The SMILES string of the molecule is Cl.Cn1ccnc1C1CNCCN1Cc1ccc(SC(F)F)cc1. The molecule has 1 aliphatic rings. The second-order valence-electron chi connectivity index (χ2n) is 5.61. The smallest absolute Gasteiger partial charge is 0.288 e. The first-order chi connectivity index (χ1) is 11.1. The Bertz CT molecular complexity index is 635. The van der Waals surface area contributed by atoms with Gasteiger partial charge in [-0.25, -0.2) is 4.98 Å². The molecule has 0 saturated carbocycles. The Morgan fingerprint density at radius 2 is 2.08 bits per heavy atom. The zero-order valence-electron chi connectivity index (χ0n) is 13.4. The Morgan fingerprint density at radius 3 is 2.71 bits per heavy atom. The molecule has 1 atom stereocenters. The molecule has 132 valence electrons. The first-order valence-corrected chi connectivity index (χ1v) is 8.47. The number of hydrogen-bond donors (Lipinski definition) is 1. The molecule has 1 aliphatic heterocycles. The van der Waals surface area contributed by atoms with Crippen LogP contribution in [-0.4, -0.2) is 39.8 Å². The average Bonchev–Trinajstić information content (AvgIpc) is 2.95. The minimum absolute atomic E-state index is 0. The van der Waals surface area contributed by atoms with E-state index in [2.05, 4.69) is 15.2 Å². The summed E-state index contributed by atoms with van der Waals surface area (Å²) in [6.07, 6.45) is 3.77. The van der Waals surface area contributed by atoms with Crippen molar-refractivity contribution in [2.75, 3.05) is 19.6 Å². The minimum atomic E-state index is -2.37. The van der Waals surface area contributed by atoms with Crippen LogP contribution in [0.25, 0.3) is 0 Å². The number of halogens is 3. The third-order valence-corrected chi connectivity index (χ3v) is 4.77. The van der Waals surface area contributed by atoms with Crippen molar-refractivity contribution in [1.29, 1.82) is 0 Å². The van der Waals surface area contributed by atoms with Crippen molar-refractivity contribution in [2.45, 2.75) is 23.2 Å². The lowest BCUT2D eigenvalue weighted by atomic mass is 10.1. The first kappa shape index (κ1) is 19.2. The van der Waals surface area contributed by atoms with Gasteiger partial charge >= 0.3 is 0 Å².